The SMILES string of the molecule is NCc1cccc(COc2cc(Br)ccc2F)c1F. The first-order valence-electron chi connectivity index (χ1n) is 5.66. The van der Waals surface area contributed by atoms with Crippen molar-refractivity contribution in [2.24, 2.45) is 5.73 Å². The van der Waals surface area contributed by atoms with Crippen molar-refractivity contribution in [3.63, 3.8) is 0 Å². The van der Waals surface area contributed by atoms with Crippen molar-refractivity contribution < 1.29 is 13.5 Å². The Morgan fingerprint density at radius 1 is 1.11 bits per heavy atom. The lowest BCUT2D eigenvalue weighted by Crippen LogP contribution is -2.05. The van der Waals surface area contributed by atoms with Crippen molar-refractivity contribution in [1.82, 2.24) is 0 Å². The highest BCUT2D eigenvalue weighted by Crippen LogP contribution is 2.24. The van der Waals surface area contributed by atoms with Crippen LogP contribution in [0.4, 0.5) is 8.78 Å². The van der Waals surface area contributed by atoms with Gasteiger partial charge in [0.05, 0.1) is 0 Å². The van der Waals surface area contributed by atoms with E-state index in [9.17, 15) is 8.78 Å². The molecule has 2 nitrogen and oxygen atoms in total. The highest BCUT2D eigenvalue weighted by atomic mass is 79.9. The van der Waals surface area contributed by atoms with Gasteiger partial charge in [0.2, 0.25) is 0 Å². The Balaban J connectivity index is 2.17. The summed E-state index contributed by atoms with van der Waals surface area (Å²) in [6.45, 7) is 0.0674. The molecule has 0 heterocycles. The summed E-state index contributed by atoms with van der Waals surface area (Å²) in [6, 6.07) is 9.24. The number of hydrogen-bond donors (Lipinski definition) is 1. The number of benzene rings is 2. The first kappa shape index (κ1) is 14.0. The predicted molar refractivity (Wildman–Crippen MR) is 72.7 cm³/mol. The third-order valence-corrected chi connectivity index (χ3v) is 3.15. The van der Waals surface area contributed by atoms with Gasteiger partial charge in [0.25, 0.3) is 0 Å². The van der Waals surface area contributed by atoms with E-state index in [0.29, 0.717) is 15.6 Å². The van der Waals surface area contributed by atoms with Crippen LogP contribution in [-0.2, 0) is 13.2 Å². The van der Waals surface area contributed by atoms with E-state index in [4.69, 9.17) is 10.5 Å². The first-order valence-corrected chi connectivity index (χ1v) is 6.45. The Kier molecular flexibility index (Phi) is 4.50. The monoisotopic (exact) mass is 327 g/mol. The average molecular weight is 328 g/mol. The molecule has 0 saturated heterocycles. The summed E-state index contributed by atoms with van der Waals surface area (Å²) in [7, 11) is 0. The van der Waals surface area contributed by atoms with Gasteiger partial charge in [-0.1, -0.05) is 34.1 Å². The topological polar surface area (TPSA) is 35.2 Å². The van der Waals surface area contributed by atoms with E-state index < -0.39 is 11.6 Å². The first-order chi connectivity index (χ1) is 9.11. The lowest BCUT2D eigenvalue weighted by molar-refractivity contribution is 0.284. The van der Waals surface area contributed by atoms with Crippen LogP contribution in [0.25, 0.3) is 0 Å². The Labute approximate surface area is 118 Å². The second-order valence-corrected chi connectivity index (χ2v) is 4.87. The normalized spacial score (nSPS) is 10.5. The van der Waals surface area contributed by atoms with Crippen molar-refractivity contribution in [1.29, 1.82) is 0 Å². The van der Waals surface area contributed by atoms with Crippen molar-refractivity contribution in [3.8, 4) is 5.75 Å². The summed E-state index contributed by atoms with van der Waals surface area (Å²) < 4.78 is 33.3. The number of rotatable bonds is 4. The third-order valence-electron chi connectivity index (χ3n) is 2.66. The molecule has 2 aromatic carbocycles. The van der Waals surface area contributed by atoms with Gasteiger partial charge in [-0.15, -0.1) is 0 Å². The summed E-state index contributed by atoms with van der Waals surface area (Å²) in [5, 5.41) is 0. The van der Waals surface area contributed by atoms with Gasteiger partial charge in [-0.25, -0.2) is 8.78 Å². The van der Waals surface area contributed by atoms with E-state index in [1.165, 1.54) is 12.1 Å². The van der Waals surface area contributed by atoms with Crippen LogP contribution in [0, 0.1) is 11.6 Å². The highest BCUT2D eigenvalue weighted by Gasteiger charge is 2.09. The van der Waals surface area contributed by atoms with Crippen LogP contribution in [0.1, 0.15) is 11.1 Å². The molecule has 0 aliphatic heterocycles. The van der Waals surface area contributed by atoms with Crippen LogP contribution >= 0.6 is 15.9 Å². The number of nitrogens with two attached hydrogens (primary N) is 1. The molecule has 0 aliphatic carbocycles. The fourth-order valence-corrected chi connectivity index (χ4v) is 1.99. The Hall–Kier alpha value is -1.46. The van der Waals surface area contributed by atoms with Crippen LogP contribution in [0.5, 0.6) is 5.75 Å². The molecule has 0 radical (unpaired) electrons. The number of ether oxygens (including phenoxy) is 1. The van der Waals surface area contributed by atoms with Gasteiger partial charge in [0, 0.05) is 22.1 Å². The van der Waals surface area contributed by atoms with Crippen LogP contribution < -0.4 is 10.5 Å². The minimum atomic E-state index is -0.487. The third kappa shape index (κ3) is 3.30. The average Bonchev–Trinajstić information content (AvgIpc) is 2.41. The molecular formula is C14H12BrF2NO. The molecule has 2 N–H and O–H groups in total. The molecule has 0 aromatic heterocycles. The second kappa shape index (κ2) is 6.12. The molecule has 0 fully saturated rings. The Morgan fingerprint density at radius 3 is 2.58 bits per heavy atom. The standard InChI is InChI=1S/C14H12BrF2NO/c15-11-4-5-12(16)13(6-11)19-8-10-3-1-2-9(7-18)14(10)17/h1-6H,7-8,18H2. The molecule has 0 spiro atoms. The van der Waals surface area contributed by atoms with Gasteiger partial charge in [-0.05, 0) is 18.2 Å². The van der Waals surface area contributed by atoms with E-state index in [1.54, 1.807) is 24.3 Å². The van der Waals surface area contributed by atoms with Crippen LogP contribution in [0.15, 0.2) is 40.9 Å². The van der Waals surface area contributed by atoms with Gasteiger partial charge in [-0.3, -0.25) is 0 Å². The maximum Gasteiger partial charge on any atom is 0.165 e. The molecule has 0 saturated carbocycles. The summed E-state index contributed by atoms with van der Waals surface area (Å²) in [6.07, 6.45) is 0. The van der Waals surface area contributed by atoms with Gasteiger partial charge >= 0.3 is 0 Å². The van der Waals surface area contributed by atoms with Gasteiger partial charge in [0.1, 0.15) is 12.4 Å². The largest absolute Gasteiger partial charge is 0.486 e. The maximum atomic E-state index is 13.9. The molecule has 0 aliphatic rings. The van der Waals surface area contributed by atoms with Crippen molar-refractivity contribution in [2.45, 2.75) is 13.2 Å². The Morgan fingerprint density at radius 2 is 1.84 bits per heavy atom. The Bertz CT molecular complexity index is 590. The van der Waals surface area contributed by atoms with Crippen molar-refractivity contribution in [3.05, 3.63) is 63.6 Å². The lowest BCUT2D eigenvalue weighted by Gasteiger charge is -2.10. The summed E-state index contributed by atoms with van der Waals surface area (Å²) in [5.41, 5.74) is 6.19. The van der Waals surface area contributed by atoms with Crippen LogP contribution in [-0.4, -0.2) is 0 Å². The summed E-state index contributed by atoms with van der Waals surface area (Å²) >= 11 is 3.22. The molecule has 5 heteroatoms. The molecule has 0 atom stereocenters. The number of halogens is 3. The smallest absolute Gasteiger partial charge is 0.165 e. The van der Waals surface area contributed by atoms with E-state index in [1.807, 2.05) is 0 Å². The summed E-state index contributed by atoms with van der Waals surface area (Å²) in [4.78, 5) is 0. The van der Waals surface area contributed by atoms with E-state index in [-0.39, 0.29) is 18.9 Å². The number of hydrogen-bond acceptors (Lipinski definition) is 2. The van der Waals surface area contributed by atoms with Crippen LogP contribution in [0.3, 0.4) is 0 Å². The zero-order chi connectivity index (χ0) is 13.8. The zero-order valence-electron chi connectivity index (χ0n) is 10.00. The van der Waals surface area contributed by atoms with Gasteiger partial charge in [-0.2, -0.15) is 0 Å². The molecule has 100 valence electrons. The molecule has 0 unspecified atom stereocenters. The molecule has 0 amide bonds. The lowest BCUT2D eigenvalue weighted by atomic mass is 10.1. The molecular weight excluding hydrogens is 316 g/mol. The maximum absolute atomic E-state index is 13.9. The van der Waals surface area contributed by atoms with E-state index >= 15 is 0 Å². The van der Waals surface area contributed by atoms with E-state index in [2.05, 4.69) is 15.9 Å². The molecule has 2 rings (SSSR count). The molecule has 19 heavy (non-hydrogen) atoms. The van der Waals surface area contributed by atoms with E-state index in [0.717, 1.165) is 0 Å². The van der Waals surface area contributed by atoms with Crippen molar-refractivity contribution in [2.75, 3.05) is 0 Å². The fraction of sp³-hybridized carbons (Fsp3) is 0.143. The highest BCUT2D eigenvalue weighted by molar-refractivity contribution is 9.10. The predicted octanol–water partition coefficient (Wildman–Crippen LogP) is 3.77. The van der Waals surface area contributed by atoms with Gasteiger partial charge < -0.3 is 10.5 Å². The van der Waals surface area contributed by atoms with Crippen molar-refractivity contribution >= 4 is 15.9 Å². The quantitative estimate of drug-likeness (QED) is 0.927. The minimum Gasteiger partial charge on any atom is -0.486 e. The van der Waals surface area contributed by atoms with Gasteiger partial charge in [0.15, 0.2) is 11.6 Å². The van der Waals surface area contributed by atoms with Crippen LogP contribution in [0.2, 0.25) is 0 Å². The minimum absolute atomic E-state index is 0.0486. The second-order valence-electron chi connectivity index (χ2n) is 3.96. The zero-order valence-corrected chi connectivity index (χ0v) is 11.6. The summed E-state index contributed by atoms with van der Waals surface area (Å²) in [5.74, 6) is -0.814. The fourth-order valence-electron chi connectivity index (χ4n) is 1.65. The molecule has 0 bridgehead atoms. The molecule has 2 aromatic rings.